The largest absolute Gasteiger partial charge is 0.480 e. The number of amides is 1. The highest BCUT2D eigenvalue weighted by Gasteiger charge is 2.21. The summed E-state index contributed by atoms with van der Waals surface area (Å²) in [6.07, 6.45) is 3.37. The SMILES string of the molecule is CC(C)C[C@H](NC(=O)c1cccnc1)C(=O)O. The van der Waals surface area contributed by atoms with Gasteiger partial charge in [-0.05, 0) is 24.5 Å². The Labute approximate surface area is 99.9 Å². The number of carbonyl (C=O) groups excluding carboxylic acids is 1. The Morgan fingerprint density at radius 2 is 2.18 bits per heavy atom. The Morgan fingerprint density at radius 1 is 1.47 bits per heavy atom. The fraction of sp³-hybridized carbons (Fsp3) is 0.417. The van der Waals surface area contributed by atoms with Crippen molar-refractivity contribution in [1.29, 1.82) is 0 Å². The van der Waals surface area contributed by atoms with Crippen LogP contribution in [-0.2, 0) is 4.79 Å². The number of pyridine rings is 1. The third kappa shape index (κ3) is 4.22. The van der Waals surface area contributed by atoms with E-state index in [4.69, 9.17) is 5.11 Å². The lowest BCUT2D eigenvalue weighted by molar-refractivity contribution is -0.139. The van der Waals surface area contributed by atoms with Crippen molar-refractivity contribution < 1.29 is 14.7 Å². The molecule has 0 aromatic carbocycles. The van der Waals surface area contributed by atoms with E-state index in [9.17, 15) is 9.59 Å². The number of carboxylic acid groups (broad SMARTS) is 1. The highest BCUT2D eigenvalue weighted by Crippen LogP contribution is 2.06. The zero-order valence-electron chi connectivity index (χ0n) is 9.88. The predicted octanol–water partition coefficient (Wildman–Crippen LogP) is 1.31. The average Bonchev–Trinajstić information content (AvgIpc) is 2.28. The van der Waals surface area contributed by atoms with E-state index in [0.717, 1.165) is 0 Å². The molecule has 1 atom stereocenters. The molecule has 1 amide bonds. The van der Waals surface area contributed by atoms with E-state index < -0.39 is 17.9 Å². The fourth-order valence-corrected chi connectivity index (χ4v) is 1.43. The van der Waals surface area contributed by atoms with E-state index in [0.29, 0.717) is 12.0 Å². The number of hydrogen-bond acceptors (Lipinski definition) is 3. The van der Waals surface area contributed by atoms with Crippen molar-refractivity contribution in [3.05, 3.63) is 30.1 Å². The minimum Gasteiger partial charge on any atom is -0.480 e. The molecule has 1 aromatic rings. The van der Waals surface area contributed by atoms with Crippen molar-refractivity contribution in [2.24, 2.45) is 5.92 Å². The molecule has 0 aliphatic rings. The van der Waals surface area contributed by atoms with Crippen LogP contribution >= 0.6 is 0 Å². The summed E-state index contributed by atoms with van der Waals surface area (Å²) in [5.74, 6) is -1.23. The number of carboxylic acids is 1. The highest BCUT2D eigenvalue weighted by atomic mass is 16.4. The Balaban J connectivity index is 2.68. The van der Waals surface area contributed by atoms with Gasteiger partial charge in [0.1, 0.15) is 6.04 Å². The maximum atomic E-state index is 11.7. The maximum absolute atomic E-state index is 11.7. The summed E-state index contributed by atoms with van der Waals surface area (Å²) >= 11 is 0. The van der Waals surface area contributed by atoms with Crippen LogP contribution in [0.4, 0.5) is 0 Å². The summed E-state index contributed by atoms with van der Waals surface area (Å²) < 4.78 is 0. The minimum absolute atomic E-state index is 0.199. The second-order valence-corrected chi connectivity index (χ2v) is 4.24. The molecular weight excluding hydrogens is 220 g/mol. The first-order chi connectivity index (χ1) is 8.00. The number of carbonyl (C=O) groups is 2. The zero-order valence-corrected chi connectivity index (χ0v) is 9.88. The summed E-state index contributed by atoms with van der Waals surface area (Å²) in [7, 11) is 0. The number of aliphatic carboxylic acids is 1. The van der Waals surface area contributed by atoms with Crippen molar-refractivity contribution in [2.45, 2.75) is 26.3 Å². The first-order valence-electron chi connectivity index (χ1n) is 5.44. The monoisotopic (exact) mass is 236 g/mol. The summed E-state index contributed by atoms with van der Waals surface area (Å²) in [5.41, 5.74) is 0.363. The van der Waals surface area contributed by atoms with Gasteiger partial charge in [0.25, 0.3) is 5.91 Å². The lowest BCUT2D eigenvalue weighted by atomic mass is 10.0. The van der Waals surface area contributed by atoms with Gasteiger partial charge in [-0.3, -0.25) is 9.78 Å². The molecule has 0 aliphatic heterocycles. The Morgan fingerprint density at radius 3 is 2.65 bits per heavy atom. The molecule has 0 bridgehead atoms. The smallest absolute Gasteiger partial charge is 0.326 e. The van der Waals surface area contributed by atoms with Crippen LogP contribution in [0.5, 0.6) is 0 Å². The molecular formula is C12H16N2O3. The third-order valence-electron chi connectivity index (χ3n) is 2.23. The molecule has 1 aromatic heterocycles. The Bertz CT molecular complexity index is 390. The number of rotatable bonds is 5. The predicted molar refractivity (Wildman–Crippen MR) is 62.6 cm³/mol. The van der Waals surface area contributed by atoms with Crippen LogP contribution in [0.3, 0.4) is 0 Å². The van der Waals surface area contributed by atoms with Crippen molar-refractivity contribution in [1.82, 2.24) is 10.3 Å². The molecule has 1 rings (SSSR count). The van der Waals surface area contributed by atoms with Gasteiger partial charge in [-0.15, -0.1) is 0 Å². The molecule has 0 unspecified atom stereocenters. The van der Waals surface area contributed by atoms with Gasteiger partial charge in [0.2, 0.25) is 0 Å². The topological polar surface area (TPSA) is 79.3 Å². The summed E-state index contributed by atoms with van der Waals surface area (Å²) in [5, 5.41) is 11.5. The van der Waals surface area contributed by atoms with E-state index in [2.05, 4.69) is 10.3 Å². The van der Waals surface area contributed by atoms with Crippen LogP contribution in [0.25, 0.3) is 0 Å². The van der Waals surface area contributed by atoms with E-state index >= 15 is 0 Å². The first kappa shape index (κ1) is 13.2. The lowest BCUT2D eigenvalue weighted by Gasteiger charge is -2.16. The standard InChI is InChI=1S/C12H16N2O3/c1-8(2)6-10(12(16)17)14-11(15)9-4-3-5-13-7-9/h3-5,7-8,10H,6H2,1-2H3,(H,14,15)(H,16,17)/t10-/m0/s1. The van der Waals surface area contributed by atoms with Crippen molar-refractivity contribution in [2.75, 3.05) is 0 Å². The van der Waals surface area contributed by atoms with Gasteiger partial charge < -0.3 is 10.4 Å². The van der Waals surface area contributed by atoms with Gasteiger partial charge in [-0.2, -0.15) is 0 Å². The van der Waals surface area contributed by atoms with E-state index in [1.807, 2.05) is 13.8 Å². The van der Waals surface area contributed by atoms with Gasteiger partial charge in [0.15, 0.2) is 0 Å². The summed E-state index contributed by atoms with van der Waals surface area (Å²) in [4.78, 5) is 26.5. The van der Waals surface area contributed by atoms with E-state index in [1.54, 1.807) is 18.3 Å². The first-order valence-corrected chi connectivity index (χ1v) is 5.44. The van der Waals surface area contributed by atoms with Gasteiger partial charge >= 0.3 is 5.97 Å². The summed E-state index contributed by atoms with van der Waals surface area (Å²) in [6.45, 7) is 3.82. The highest BCUT2D eigenvalue weighted by molar-refractivity contribution is 5.96. The third-order valence-corrected chi connectivity index (χ3v) is 2.23. The van der Waals surface area contributed by atoms with E-state index in [1.165, 1.54) is 6.20 Å². The molecule has 0 radical (unpaired) electrons. The molecule has 0 saturated carbocycles. The second-order valence-electron chi connectivity index (χ2n) is 4.24. The van der Waals surface area contributed by atoms with Crippen LogP contribution in [0, 0.1) is 5.92 Å². The number of nitrogens with zero attached hydrogens (tertiary/aromatic N) is 1. The minimum atomic E-state index is -1.02. The molecule has 0 saturated heterocycles. The average molecular weight is 236 g/mol. The van der Waals surface area contributed by atoms with Gasteiger partial charge in [0.05, 0.1) is 5.56 Å². The lowest BCUT2D eigenvalue weighted by Crippen LogP contribution is -2.41. The molecule has 0 fully saturated rings. The number of aromatic nitrogens is 1. The normalized spacial score (nSPS) is 12.2. The van der Waals surface area contributed by atoms with Gasteiger partial charge in [-0.1, -0.05) is 13.8 Å². The molecule has 0 spiro atoms. The molecule has 1 heterocycles. The maximum Gasteiger partial charge on any atom is 0.326 e. The molecule has 5 nitrogen and oxygen atoms in total. The van der Waals surface area contributed by atoms with Crippen molar-refractivity contribution in [3.63, 3.8) is 0 Å². The molecule has 0 aliphatic carbocycles. The second kappa shape index (κ2) is 5.98. The molecule has 5 heteroatoms. The Kier molecular flexibility index (Phi) is 4.63. The van der Waals surface area contributed by atoms with Crippen LogP contribution in [-0.4, -0.2) is 28.0 Å². The van der Waals surface area contributed by atoms with Crippen LogP contribution in [0.1, 0.15) is 30.6 Å². The molecule has 92 valence electrons. The van der Waals surface area contributed by atoms with Gasteiger partial charge in [0, 0.05) is 12.4 Å². The van der Waals surface area contributed by atoms with Crippen molar-refractivity contribution >= 4 is 11.9 Å². The zero-order chi connectivity index (χ0) is 12.8. The van der Waals surface area contributed by atoms with Crippen molar-refractivity contribution in [3.8, 4) is 0 Å². The quantitative estimate of drug-likeness (QED) is 0.807. The van der Waals surface area contributed by atoms with E-state index in [-0.39, 0.29) is 5.92 Å². The van der Waals surface area contributed by atoms with Gasteiger partial charge in [-0.25, -0.2) is 4.79 Å². The van der Waals surface area contributed by atoms with Crippen LogP contribution < -0.4 is 5.32 Å². The van der Waals surface area contributed by atoms with Crippen LogP contribution in [0.15, 0.2) is 24.5 Å². The fourth-order valence-electron chi connectivity index (χ4n) is 1.43. The molecule has 17 heavy (non-hydrogen) atoms. The van der Waals surface area contributed by atoms with Crippen LogP contribution in [0.2, 0.25) is 0 Å². The molecule has 2 N–H and O–H groups in total. The summed E-state index contributed by atoms with van der Waals surface area (Å²) in [6, 6.07) is 2.37. The number of nitrogens with one attached hydrogen (secondary N) is 1. The Hall–Kier alpha value is -1.91. The number of hydrogen-bond donors (Lipinski definition) is 2.